The van der Waals surface area contributed by atoms with Crippen LogP contribution in [-0.2, 0) is 6.54 Å². The van der Waals surface area contributed by atoms with Crippen LogP contribution in [0.1, 0.15) is 5.56 Å². The Morgan fingerprint density at radius 2 is 2.00 bits per heavy atom. The Kier molecular flexibility index (Phi) is 3.27. The summed E-state index contributed by atoms with van der Waals surface area (Å²) in [5.74, 6) is 0.683. The molecule has 2 rings (SSSR count). The summed E-state index contributed by atoms with van der Waals surface area (Å²) >= 11 is 6.04. The van der Waals surface area contributed by atoms with Crippen LogP contribution in [0.5, 0.6) is 0 Å². The minimum atomic E-state index is 0.612. The number of hydrogen-bond donors (Lipinski definition) is 2. The Balaban J connectivity index is 2.09. The lowest BCUT2D eigenvalue weighted by Gasteiger charge is -2.08. The van der Waals surface area contributed by atoms with E-state index in [1.54, 1.807) is 12.3 Å². The first kappa shape index (κ1) is 10.8. The number of pyridine rings is 1. The van der Waals surface area contributed by atoms with Crippen LogP contribution < -0.4 is 11.1 Å². The van der Waals surface area contributed by atoms with Gasteiger partial charge in [0.05, 0.1) is 5.69 Å². The Morgan fingerprint density at radius 1 is 1.19 bits per heavy atom. The summed E-state index contributed by atoms with van der Waals surface area (Å²) in [5, 5.41) is 3.89. The SMILES string of the molecule is Nc1cccnc1NCc1ccccc1Cl. The topological polar surface area (TPSA) is 50.9 Å². The summed E-state index contributed by atoms with van der Waals surface area (Å²) in [6, 6.07) is 11.3. The van der Waals surface area contributed by atoms with Crippen molar-refractivity contribution < 1.29 is 0 Å². The van der Waals surface area contributed by atoms with Crippen LogP contribution in [0, 0.1) is 0 Å². The van der Waals surface area contributed by atoms with Gasteiger partial charge in [0.15, 0.2) is 0 Å². The van der Waals surface area contributed by atoms with Crippen molar-refractivity contribution in [1.29, 1.82) is 0 Å². The number of nitrogen functional groups attached to an aromatic ring is 1. The summed E-state index contributed by atoms with van der Waals surface area (Å²) in [6.45, 7) is 0.612. The smallest absolute Gasteiger partial charge is 0.149 e. The molecule has 3 N–H and O–H groups in total. The van der Waals surface area contributed by atoms with Crippen molar-refractivity contribution in [3.63, 3.8) is 0 Å². The molecule has 0 aliphatic carbocycles. The first-order valence-corrected chi connectivity index (χ1v) is 5.33. The van der Waals surface area contributed by atoms with Gasteiger partial charge < -0.3 is 11.1 Å². The van der Waals surface area contributed by atoms with Gasteiger partial charge in [-0.15, -0.1) is 0 Å². The molecule has 0 unspecified atom stereocenters. The Hall–Kier alpha value is -1.74. The maximum Gasteiger partial charge on any atom is 0.149 e. The molecule has 2 aromatic rings. The van der Waals surface area contributed by atoms with E-state index in [0.717, 1.165) is 10.6 Å². The molecule has 0 saturated heterocycles. The van der Waals surface area contributed by atoms with Crippen LogP contribution in [0.25, 0.3) is 0 Å². The molecule has 1 aromatic heterocycles. The largest absolute Gasteiger partial charge is 0.396 e. The Labute approximate surface area is 99.3 Å². The lowest BCUT2D eigenvalue weighted by molar-refractivity contribution is 1.11. The van der Waals surface area contributed by atoms with E-state index in [0.29, 0.717) is 18.1 Å². The van der Waals surface area contributed by atoms with E-state index < -0.39 is 0 Å². The average Bonchev–Trinajstić information content (AvgIpc) is 2.30. The van der Waals surface area contributed by atoms with Crippen LogP contribution >= 0.6 is 11.6 Å². The number of aromatic nitrogens is 1. The van der Waals surface area contributed by atoms with Crippen molar-refractivity contribution in [2.45, 2.75) is 6.54 Å². The average molecular weight is 234 g/mol. The molecule has 1 heterocycles. The number of nitrogens with one attached hydrogen (secondary N) is 1. The number of nitrogens with zero attached hydrogens (tertiary/aromatic N) is 1. The Bertz CT molecular complexity index is 440. The van der Waals surface area contributed by atoms with E-state index in [9.17, 15) is 0 Å². The van der Waals surface area contributed by atoms with Crippen molar-refractivity contribution in [2.24, 2.45) is 0 Å². The molecule has 0 aliphatic heterocycles. The molecule has 0 bridgehead atoms. The van der Waals surface area contributed by atoms with Gasteiger partial charge in [0, 0.05) is 17.8 Å². The summed E-state index contributed by atoms with van der Waals surface area (Å²) in [5.41, 5.74) is 7.42. The summed E-state index contributed by atoms with van der Waals surface area (Å²) in [4.78, 5) is 4.14. The van der Waals surface area contributed by atoms with Crippen LogP contribution in [-0.4, -0.2) is 4.98 Å². The minimum Gasteiger partial charge on any atom is -0.396 e. The van der Waals surface area contributed by atoms with Crippen LogP contribution in [0.3, 0.4) is 0 Å². The lowest BCUT2D eigenvalue weighted by Crippen LogP contribution is -2.04. The minimum absolute atomic E-state index is 0.612. The van der Waals surface area contributed by atoms with Crippen molar-refractivity contribution in [2.75, 3.05) is 11.1 Å². The monoisotopic (exact) mass is 233 g/mol. The second-order valence-corrected chi connectivity index (χ2v) is 3.79. The lowest BCUT2D eigenvalue weighted by atomic mass is 10.2. The van der Waals surface area contributed by atoms with Gasteiger partial charge in [-0.3, -0.25) is 0 Å². The standard InChI is InChI=1S/C12H12ClN3/c13-10-5-2-1-4-9(10)8-16-12-11(14)6-3-7-15-12/h1-7H,8,14H2,(H,15,16). The predicted molar refractivity (Wildman–Crippen MR) is 67.4 cm³/mol. The highest BCUT2D eigenvalue weighted by Gasteiger charge is 2.01. The van der Waals surface area contributed by atoms with Gasteiger partial charge in [-0.1, -0.05) is 29.8 Å². The van der Waals surface area contributed by atoms with E-state index in [2.05, 4.69) is 10.3 Å². The number of nitrogens with two attached hydrogens (primary N) is 1. The maximum atomic E-state index is 6.04. The van der Waals surface area contributed by atoms with E-state index in [1.807, 2.05) is 30.3 Å². The summed E-state index contributed by atoms with van der Waals surface area (Å²) in [6.07, 6.45) is 1.70. The van der Waals surface area contributed by atoms with Crippen LogP contribution in [0.15, 0.2) is 42.6 Å². The van der Waals surface area contributed by atoms with Gasteiger partial charge in [-0.25, -0.2) is 4.98 Å². The molecule has 1 aromatic carbocycles. The molecule has 0 fully saturated rings. The summed E-state index contributed by atoms with van der Waals surface area (Å²) < 4.78 is 0. The van der Waals surface area contributed by atoms with Gasteiger partial charge in [0.25, 0.3) is 0 Å². The third-order valence-corrected chi connectivity index (χ3v) is 2.61. The number of benzene rings is 1. The molecule has 4 heteroatoms. The highest BCUT2D eigenvalue weighted by atomic mass is 35.5. The molecule has 16 heavy (non-hydrogen) atoms. The number of hydrogen-bond acceptors (Lipinski definition) is 3. The second-order valence-electron chi connectivity index (χ2n) is 3.39. The fourth-order valence-corrected chi connectivity index (χ4v) is 1.59. The number of halogens is 1. The normalized spacial score (nSPS) is 10.1. The third kappa shape index (κ3) is 2.44. The molecule has 0 saturated carbocycles. The van der Waals surface area contributed by atoms with Gasteiger partial charge in [-0.2, -0.15) is 0 Å². The van der Waals surface area contributed by atoms with Crippen LogP contribution in [0.4, 0.5) is 11.5 Å². The number of rotatable bonds is 3. The van der Waals surface area contributed by atoms with Gasteiger partial charge >= 0.3 is 0 Å². The molecular weight excluding hydrogens is 222 g/mol. The second kappa shape index (κ2) is 4.86. The van der Waals surface area contributed by atoms with Crippen molar-refractivity contribution >= 4 is 23.1 Å². The van der Waals surface area contributed by atoms with E-state index >= 15 is 0 Å². The van der Waals surface area contributed by atoms with Crippen molar-refractivity contribution in [3.8, 4) is 0 Å². The van der Waals surface area contributed by atoms with E-state index in [-0.39, 0.29) is 0 Å². The predicted octanol–water partition coefficient (Wildman–Crippen LogP) is 2.93. The van der Waals surface area contributed by atoms with Gasteiger partial charge in [0.2, 0.25) is 0 Å². The fraction of sp³-hybridized carbons (Fsp3) is 0.0833. The molecule has 82 valence electrons. The van der Waals surface area contributed by atoms with Gasteiger partial charge in [0.1, 0.15) is 5.82 Å². The highest BCUT2D eigenvalue weighted by molar-refractivity contribution is 6.31. The molecule has 3 nitrogen and oxygen atoms in total. The first-order valence-electron chi connectivity index (χ1n) is 4.95. The molecule has 0 spiro atoms. The maximum absolute atomic E-state index is 6.04. The van der Waals surface area contributed by atoms with E-state index in [1.165, 1.54) is 0 Å². The van der Waals surface area contributed by atoms with E-state index in [4.69, 9.17) is 17.3 Å². The molecule has 0 aliphatic rings. The first-order chi connectivity index (χ1) is 7.77. The zero-order valence-corrected chi connectivity index (χ0v) is 9.41. The van der Waals surface area contributed by atoms with Crippen molar-refractivity contribution in [1.82, 2.24) is 4.98 Å². The van der Waals surface area contributed by atoms with Crippen LogP contribution in [0.2, 0.25) is 5.02 Å². The molecule has 0 atom stereocenters. The summed E-state index contributed by atoms with van der Waals surface area (Å²) in [7, 11) is 0. The molecular formula is C12H12ClN3. The quantitative estimate of drug-likeness (QED) is 0.857. The fourth-order valence-electron chi connectivity index (χ4n) is 1.39. The molecule has 0 amide bonds. The number of anilines is 2. The van der Waals surface area contributed by atoms with Gasteiger partial charge in [-0.05, 0) is 23.8 Å². The zero-order valence-electron chi connectivity index (χ0n) is 8.65. The highest BCUT2D eigenvalue weighted by Crippen LogP contribution is 2.18. The molecule has 0 radical (unpaired) electrons. The third-order valence-electron chi connectivity index (χ3n) is 2.24. The zero-order chi connectivity index (χ0) is 11.4. The Morgan fingerprint density at radius 3 is 2.75 bits per heavy atom. The van der Waals surface area contributed by atoms with Crippen molar-refractivity contribution in [3.05, 3.63) is 53.2 Å².